The van der Waals surface area contributed by atoms with Gasteiger partial charge >= 0.3 is 0 Å². The lowest BCUT2D eigenvalue weighted by Crippen LogP contribution is -2.32. The Morgan fingerprint density at radius 1 is 1.17 bits per heavy atom. The molecule has 0 saturated carbocycles. The first-order valence-corrected chi connectivity index (χ1v) is 11.2. The topological polar surface area (TPSA) is 72.9 Å². The number of carbonyl (C=O) groups excluding carboxylic acids is 1. The molecule has 1 aromatic carbocycles. The second-order valence-corrected chi connectivity index (χ2v) is 8.50. The Hall–Kier alpha value is -2.32. The van der Waals surface area contributed by atoms with Crippen LogP contribution in [0.5, 0.6) is 17.2 Å². The smallest absolute Gasteiger partial charge is 0.226 e. The van der Waals surface area contributed by atoms with E-state index in [1.165, 1.54) is 24.2 Å². The van der Waals surface area contributed by atoms with E-state index in [4.69, 9.17) is 14.2 Å². The highest BCUT2D eigenvalue weighted by Gasteiger charge is 2.18. The number of benzene rings is 1. The average molecular weight is 434 g/mol. The number of hydrogen-bond acceptors (Lipinski definition) is 7. The highest BCUT2D eigenvalue weighted by molar-refractivity contribution is 7.13. The molecular weight excluding hydrogens is 402 g/mol. The molecule has 1 saturated heterocycles. The third-order valence-corrected chi connectivity index (χ3v) is 6.27. The third kappa shape index (κ3) is 5.64. The highest BCUT2D eigenvalue weighted by atomic mass is 32.1. The van der Waals surface area contributed by atoms with Gasteiger partial charge in [-0.05, 0) is 49.9 Å². The van der Waals surface area contributed by atoms with Crippen LogP contribution in [0.2, 0.25) is 0 Å². The Morgan fingerprint density at radius 2 is 1.90 bits per heavy atom. The van der Waals surface area contributed by atoms with Gasteiger partial charge in [-0.25, -0.2) is 4.98 Å². The fourth-order valence-electron chi connectivity index (χ4n) is 3.68. The third-order valence-electron chi connectivity index (χ3n) is 5.47. The number of hydrogen-bond donors (Lipinski definition) is 1. The maximum absolute atomic E-state index is 12.4. The van der Waals surface area contributed by atoms with Crippen LogP contribution in [0, 0.1) is 5.92 Å². The molecule has 2 heterocycles. The molecule has 2 aromatic rings. The molecule has 30 heavy (non-hydrogen) atoms. The van der Waals surface area contributed by atoms with E-state index >= 15 is 0 Å². The molecule has 1 aliphatic heterocycles. The summed E-state index contributed by atoms with van der Waals surface area (Å²) in [4.78, 5) is 19.5. The molecule has 8 heteroatoms. The summed E-state index contributed by atoms with van der Waals surface area (Å²) in [6.07, 6.45) is 3.34. The Morgan fingerprint density at radius 3 is 2.57 bits per heavy atom. The van der Waals surface area contributed by atoms with Gasteiger partial charge in [0.15, 0.2) is 16.6 Å². The van der Waals surface area contributed by atoms with E-state index in [2.05, 4.69) is 22.1 Å². The number of rotatable bonds is 9. The number of aromatic nitrogens is 1. The Balaban J connectivity index is 1.53. The normalized spacial score (nSPS) is 15.1. The minimum Gasteiger partial charge on any atom is -0.493 e. The molecule has 1 fully saturated rings. The van der Waals surface area contributed by atoms with Crippen LogP contribution in [0.15, 0.2) is 17.5 Å². The molecule has 0 bridgehead atoms. The van der Waals surface area contributed by atoms with Crippen molar-refractivity contribution in [3.63, 3.8) is 0 Å². The van der Waals surface area contributed by atoms with Crippen molar-refractivity contribution in [2.45, 2.75) is 39.2 Å². The van der Waals surface area contributed by atoms with Crippen molar-refractivity contribution >= 4 is 22.4 Å². The number of nitrogens with zero attached hydrogens (tertiary/aromatic N) is 2. The van der Waals surface area contributed by atoms with Gasteiger partial charge in [-0.2, -0.15) is 0 Å². The molecule has 1 N–H and O–H groups in total. The SMILES string of the molecule is COc1ccc(CCC(=O)Nc2nc(CN3CCC(C)CC3)cs2)c(OC)c1OC. The summed E-state index contributed by atoms with van der Waals surface area (Å²) < 4.78 is 16.2. The lowest BCUT2D eigenvalue weighted by Gasteiger charge is -2.29. The van der Waals surface area contributed by atoms with Gasteiger partial charge in [-0.1, -0.05) is 13.0 Å². The zero-order chi connectivity index (χ0) is 21.5. The van der Waals surface area contributed by atoms with Crippen molar-refractivity contribution in [1.29, 1.82) is 0 Å². The summed E-state index contributed by atoms with van der Waals surface area (Å²) >= 11 is 1.48. The van der Waals surface area contributed by atoms with Gasteiger partial charge in [0, 0.05) is 18.3 Å². The van der Waals surface area contributed by atoms with Gasteiger partial charge in [0.2, 0.25) is 11.7 Å². The summed E-state index contributed by atoms with van der Waals surface area (Å²) in [5, 5.41) is 5.60. The van der Waals surface area contributed by atoms with Crippen LogP contribution in [0.3, 0.4) is 0 Å². The molecule has 164 valence electrons. The van der Waals surface area contributed by atoms with E-state index in [0.717, 1.165) is 36.8 Å². The lowest BCUT2D eigenvalue weighted by molar-refractivity contribution is -0.116. The van der Waals surface area contributed by atoms with E-state index in [1.54, 1.807) is 21.3 Å². The van der Waals surface area contributed by atoms with Crippen LogP contribution in [-0.4, -0.2) is 50.2 Å². The molecule has 7 nitrogen and oxygen atoms in total. The molecule has 0 radical (unpaired) electrons. The largest absolute Gasteiger partial charge is 0.493 e. The lowest BCUT2D eigenvalue weighted by atomic mass is 9.99. The molecular formula is C22H31N3O4S. The molecule has 3 rings (SSSR count). The second kappa shape index (κ2) is 10.6. The standard InChI is InChI=1S/C22H31N3O4S/c1-15-9-11-25(12-10-15)13-17-14-30-22(23-17)24-19(26)8-6-16-5-7-18(27-2)21(29-4)20(16)28-3/h5,7,14-15H,6,8-13H2,1-4H3,(H,23,24,26). The maximum atomic E-state index is 12.4. The van der Waals surface area contributed by atoms with E-state index in [9.17, 15) is 4.79 Å². The van der Waals surface area contributed by atoms with Crippen LogP contribution in [0.4, 0.5) is 5.13 Å². The Kier molecular flexibility index (Phi) is 7.93. The monoisotopic (exact) mass is 433 g/mol. The van der Waals surface area contributed by atoms with E-state index in [1.807, 2.05) is 17.5 Å². The number of amides is 1. The summed E-state index contributed by atoms with van der Waals surface area (Å²) in [5.41, 5.74) is 1.91. The Labute approximate surface area is 182 Å². The van der Waals surface area contributed by atoms with Gasteiger partial charge in [-0.3, -0.25) is 9.69 Å². The van der Waals surface area contributed by atoms with Crippen LogP contribution >= 0.6 is 11.3 Å². The first kappa shape index (κ1) is 22.4. The zero-order valence-corrected chi connectivity index (χ0v) is 19.0. The first-order chi connectivity index (χ1) is 14.5. The van der Waals surface area contributed by atoms with Crippen molar-refractivity contribution < 1.29 is 19.0 Å². The predicted molar refractivity (Wildman–Crippen MR) is 119 cm³/mol. The quantitative estimate of drug-likeness (QED) is 0.645. The van der Waals surface area contributed by atoms with Gasteiger partial charge in [0.25, 0.3) is 0 Å². The molecule has 0 unspecified atom stereocenters. The van der Waals surface area contributed by atoms with Crippen LogP contribution in [-0.2, 0) is 17.8 Å². The molecule has 0 spiro atoms. The number of nitrogens with one attached hydrogen (secondary N) is 1. The number of anilines is 1. The molecule has 0 aliphatic carbocycles. The molecule has 1 aromatic heterocycles. The van der Waals surface area contributed by atoms with Gasteiger partial charge < -0.3 is 19.5 Å². The van der Waals surface area contributed by atoms with Crippen LogP contribution < -0.4 is 19.5 Å². The summed E-state index contributed by atoms with van der Waals surface area (Å²) in [6.45, 7) is 5.40. The highest BCUT2D eigenvalue weighted by Crippen LogP contribution is 2.40. The molecule has 0 atom stereocenters. The summed E-state index contributed by atoms with van der Waals surface area (Å²) in [5.74, 6) is 2.48. The minimum absolute atomic E-state index is 0.0699. The summed E-state index contributed by atoms with van der Waals surface area (Å²) in [6, 6.07) is 3.72. The van der Waals surface area contributed by atoms with Crippen molar-refractivity contribution in [2.24, 2.45) is 5.92 Å². The number of ether oxygens (including phenoxy) is 3. The molecule has 1 aliphatic rings. The second-order valence-electron chi connectivity index (χ2n) is 7.64. The van der Waals surface area contributed by atoms with E-state index in [-0.39, 0.29) is 5.91 Å². The van der Waals surface area contributed by atoms with E-state index < -0.39 is 0 Å². The number of thiazole rings is 1. The summed E-state index contributed by atoms with van der Waals surface area (Å²) in [7, 11) is 4.74. The number of carbonyl (C=O) groups is 1. The van der Waals surface area contributed by atoms with Gasteiger partial charge in [0.05, 0.1) is 27.0 Å². The predicted octanol–water partition coefficient (Wildman–Crippen LogP) is 3.97. The number of likely N-dealkylation sites (tertiary alicyclic amines) is 1. The first-order valence-electron chi connectivity index (χ1n) is 10.3. The van der Waals surface area contributed by atoms with Crippen LogP contribution in [0.25, 0.3) is 0 Å². The number of methoxy groups -OCH3 is 3. The van der Waals surface area contributed by atoms with Crippen LogP contribution in [0.1, 0.15) is 37.4 Å². The Bertz CT molecular complexity index is 847. The van der Waals surface area contributed by atoms with Gasteiger partial charge in [0.1, 0.15) is 0 Å². The van der Waals surface area contributed by atoms with E-state index in [0.29, 0.717) is 35.2 Å². The minimum atomic E-state index is -0.0699. The van der Waals surface area contributed by atoms with Crippen molar-refractivity contribution in [2.75, 3.05) is 39.7 Å². The number of aryl methyl sites for hydroxylation is 1. The van der Waals surface area contributed by atoms with Crippen molar-refractivity contribution in [3.05, 3.63) is 28.8 Å². The maximum Gasteiger partial charge on any atom is 0.226 e. The average Bonchev–Trinajstić information content (AvgIpc) is 3.19. The van der Waals surface area contributed by atoms with Crippen molar-refractivity contribution in [3.8, 4) is 17.2 Å². The van der Waals surface area contributed by atoms with Gasteiger partial charge in [-0.15, -0.1) is 11.3 Å². The number of piperidine rings is 1. The fourth-order valence-corrected chi connectivity index (χ4v) is 4.39. The zero-order valence-electron chi connectivity index (χ0n) is 18.2. The fraction of sp³-hybridized carbons (Fsp3) is 0.545. The van der Waals surface area contributed by atoms with Crippen molar-refractivity contribution in [1.82, 2.24) is 9.88 Å². The molecule has 1 amide bonds.